The lowest BCUT2D eigenvalue weighted by molar-refractivity contribution is -0.886. The summed E-state index contributed by atoms with van der Waals surface area (Å²) in [5.74, 6) is 0.174. The van der Waals surface area contributed by atoms with Crippen LogP contribution in [0.5, 0.6) is 0 Å². The van der Waals surface area contributed by atoms with Crippen molar-refractivity contribution in [3.63, 3.8) is 0 Å². The molecule has 0 unspecified atom stereocenters. The highest BCUT2D eigenvalue weighted by molar-refractivity contribution is 5.85. The van der Waals surface area contributed by atoms with Crippen molar-refractivity contribution in [1.82, 2.24) is 10.3 Å². The minimum Gasteiger partial charge on any atom is -0.361 e. The number of aromatic amines is 1. The van der Waals surface area contributed by atoms with Crippen LogP contribution in [0.15, 0.2) is 30.5 Å². The highest BCUT2D eigenvalue weighted by atomic mass is 16.2. The van der Waals surface area contributed by atoms with Gasteiger partial charge in [0.1, 0.15) is 0 Å². The average molecular weight is 471 g/mol. The zero-order valence-electron chi connectivity index (χ0n) is 22.6. The van der Waals surface area contributed by atoms with Gasteiger partial charge in [-0.05, 0) is 18.1 Å². The Balaban J connectivity index is 1.56. The number of aromatic nitrogens is 1. The van der Waals surface area contributed by atoms with Gasteiger partial charge in [0.15, 0.2) is 6.04 Å². The van der Waals surface area contributed by atoms with E-state index in [1.165, 1.54) is 94.4 Å². The molecule has 0 spiro atoms. The number of hydrogen-bond donors (Lipinski definition) is 2. The summed E-state index contributed by atoms with van der Waals surface area (Å²) < 4.78 is 0.629. The van der Waals surface area contributed by atoms with Crippen LogP contribution in [-0.4, -0.2) is 49.1 Å². The molecule has 0 saturated heterocycles. The van der Waals surface area contributed by atoms with Crippen LogP contribution >= 0.6 is 0 Å². The van der Waals surface area contributed by atoms with E-state index in [0.717, 1.165) is 24.9 Å². The van der Waals surface area contributed by atoms with Gasteiger partial charge in [-0.3, -0.25) is 4.79 Å². The molecule has 0 aliphatic rings. The number of para-hydroxylation sites is 1. The number of nitrogens with one attached hydrogen (secondary N) is 2. The van der Waals surface area contributed by atoms with Crippen LogP contribution in [0.1, 0.15) is 102 Å². The summed E-state index contributed by atoms with van der Waals surface area (Å²) in [6, 6.07) is 8.25. The maximum absolute atomic E-state index is 13.0. The minimum absolute atomic E-state index is 0.0918. The van der Waals surface area contributed by atoms with Gasteiger partial charge in [-0.1, -0.05) is 109 Å². The molecule has 1 amide bonds. The molecule has 0 bridgehead atoms. The van der Waals surface area contributed by atoms with Gasteiger partial charge in [0, 0.05) is 30.1 Å². The molecule has 1 atom stereocenters. The molecule has 2 aromatic rings. The van der Waals surface area contributed by atoms with Gasteiger partial charge in [-0.2, -0.15) is 0 Å². The number of carbonyl (C=O) groups excluding carboxylic acids is 1. The van der Waals surface area contributed by atoms with Crippen LogP contribution in [0, 0.1) is 0 Å². The molecule has 4 heteroatoms. The normalized spacial score (nSPS) is 12.8. The Morgan fingerprint density at radius 1 is 0.824 bits per heavy atom. The van der Waals surface area contributed by atoms with Crippen LogP contribution in [0.2, 0.25) is 0 Å². The van der Waals surface area contributed by atoms with Crippen LogP contribution in [0.3, 0.4) is 0 Å². The van der Waals surface area contributed by atoms with Gasteiger partial charge in [0.2, 0.25) is 0 Å². The van der Waals surface area contributed by atoms with Gasteiger partial charge in [0.25, 0.3) is 5.91 Å². The van der Waals surface area contributed by atoms with Gasteiger partial charge < -0.3 is 14.8 Å². The largest absolute Gasteiger partial charge is 0.361 e. The van der Waals surface area contributed by atoms with E-state index in [4.69, 9.17) is 0 Å². The molecular formula is C30H52N3O+. The second-order valence-corrected chi connectivity index (χ2v) is 11.1. The SMILES string of the molecule is CCCCCCCCCCCCCCCCNC(=O)[C@H](Cc1c[nH]c2ccccc12)[N+](C)(C)C. The van der Waals surface area contributed by atoms with Crippen molar-refractivity contribution in [3.05, 3.63) is 36.0 Å². The number of carbonyl (C=O) groups is 1. The predicted octanol–water partition coefficient (Wildman–Crippen LogP) is 7.38. The average Bonchev–Trinajstić information content (AvgIpc) is 3.22. The summed E-state index contributed by atoms with van der Waals surface area (Å²) in [5.41, 5.74) is 2.36. The summed E-state index contributed by atoms with van der Waals surface area (Å²) in [6.07, 6.45) is 21.8. The van der Waals surface area contributed by atoms with Crippen molar-refractivity contribution >= 4 is 16.8 Å². The second kappa shape index (κ2) is 16.0. The first kappa shape index (κ1) is 28.4. The van der Waals surface area contributed by atoms with E-state index in [-0.39, 0.29) is 11.9 Å². The zero-order chi connectivity index (χ0) is 24.7. The van der Waals surface area contributed by atoms with E-state index in [1.54, 1.807) is 0 Å². The number of H-pyrrole nitrogens is 1. The van der Waals surface area contributed by atoms with Crippen molar-refractivity contribution in [2.45, 2.75) is 109 Å². The fourth-order valence-electron chi connectivity index (χ4n) is 4.88. The van der Waals surface area contributed by atoms with Gasteiger partial charge in [-0.15, -0.1) is 0 Å². The molecule has 192 valence electrons. The number of fused-ring (bicyclic) bond motifs is 1. The van der Waals surface area contributed by atoms with Crippen LogP contribution in [-0.2, 0) is 11.2 Å². The number of unbranched alkanes of at least 4 members (excludes halogenated alkanes) is 13. The molecule has 0 saturated carbocycles. The van der Waals surface area contributed by atoms with Crippen LogP contribution in [0.25, 0.3) is 10.9 Å². The highest BCUT2D eigenvalue weighted by Crippen LogP contribution is 2.21. The summed E-state index contributed by atoms with van der Waals surface area (Å²) in [5, 5.41) is 4.45. The lowest BCUT2D eigenvalue weighted by Crippen LogP contribution is -2.55. The topological polar surface area (TPSA) is 44.9 Å². The molecule has 1 heterocycles. The lowest BCUT2D eigenvalue weighted by Gasteiger charge is -2.33. The fraction of sp³-hybridized carbons (Fsp3) is 0.700. The molecule has 2 rings (SSSR count). The molecule has 0 fully saturated rings. The maximum Gasteiger partial charge on any atom is 0.278 e. The first-order chi connectivity index (χ1) is 16.4. The van der Waals surface area contributed by atoms with Crippen molar-refractivity contribution in [3.8, 4) is 0 Å². The van der Waals surface area contributed by atoms with Crippen molar-refractivity contribution in [1.29, 1.82) is 0 Å². The number of likely N-dealkylation sites (N-methyl/N-ethyl adjacent to an activating group) is 1. The number of rotatable bonds is 19. The second-order valence-electron chi connectivity index (χ2n) is 11.1. The summed E-state index contributed by atoms with van der Waals surface area (Å²) in [7, 11) is 6.35. The summed E-state index contributed by atoms with van der Waals surface area (Å²) in [4.78, 5) is 16.4. The number of amides is 1. The Morgan fingerprint density at radius 2 is 1.35 bits per heavy atom. The molecule has 34 heavy (non-hydrogen) atoms. The van der Waals surface area contributed by atoms with Crippen molar-refractivity contribution in [2.75, 3.05) is 27.7 Å². The Labute approximate surface area is 209 Å². The first-order valence-corrected chi connectivity index (χ1v) is 14.1. The monoisotopic (exact) mass is 470 g/mol. The van der Waals surface area contributed by atoms with Gasteiger partial charge in [0.05, 0.1) is 21.1 Å². The number of benzene rings is 1. The highest BCUT2D eigenvalue weighted by Gasteiger charge is 2.32. The Bertz CT molecular complexity index is 805. The smallest absolute Gasteiger partial charge is 0.278 e. The molecule has 4 nitrogen and oxygen atoms in total. The molecular weight excluding hydrogens is 418 g/mol. The quantitative estimate of drug-likeness (QED) is 0.163. The van der Waals surface area contributed by atoms with Crippen molar-refractivity contribution in [2.24, 2.45) is 0 Å². The van der Waals surface area contributed by atoms with Gasteiger partial charge >= 0.3 is 0 Å². The van der Waals surface area contributed by atoms with Gasteiger partial charge in [-0.25, -0.2) is 0 Å². The third kappa shape index (κ3) is 10.6. The van der Waals surface area contributed by atoms with E-state index in [9.17, 15) is 4.79 Å². The molecule has 0 radical (unpaired) electrons. The molecule has 2 N–H and O–H groups in total. The molecule has 1 aromatic carbocycles. The van der Waals surface area contributed by atoms with E-state index in [0.29, 0.717) is 4.48 Å². The maximum atomic E-state index is 13.0. The molecule has 0 aliphatic heterocycles. The van der Waals surface area contributed by atoms with Crippen LogP contribution in [0.4, 0.5) is 0 Å². The lowest BCUT2D eigenvalue weighted by atomic mass is 10.0. The Morgan fingerprint density at radius 3 is 1.91 bits per heavy atom. The number of nitrogens with zero attached hydrogens (tertiary/aromatic N) is 1. The first-order valence-electron chi connectivity index (χ1n) is 14.1. The predicted molar refractivity (Wildman–Crippen MR) is 147 cm³/mol. The Hall–Kier alpha value is -1.81. The minimum atomic E-state index is -0.0918. The fourth-order valence-corrected chi connectivity index (χ4v) is 4.88. The van der Waals surface area contributed by atoms with Crippen LogP contribution < -0.4 is 5.32 Å². The summed E-state index contributed by atoms with van der Waals surface area (Å²) >= 11 is 0. The van der Waals surface area contributed by atoms with Crippen molar-refractivity contribution < 1.29 is 9.28 Å². The number of hydrogen-bond acceptors (Lipinski definition) is 1. The number of quaternary nitrogens is 1. The van der Waals surface area contributed by atoms with E-state index in [1.807, 2.05) is 6.07 Å². The molecule has 0 aliphatic carbocycles. The Kier molecular flexibility index (Phi) is 13.4. The standard InChI is InChI=1S/C30H51N3O/c1-5-6-7-8-9-10-11-12-13-14-15-16-17-20-23-31-30(34)29(33(2,3)4)24-26-25-32-28-22-19-18-21-27(26)28/h18-19,21-22,25,29,32H,5-17,20,23-24H2,1-4H3/p+1/t29-/m0/s1. The zero-order valence-corrected chi connectivity index (χ0v) is 22.6. The molecule has 1 aromatic heterocycles. The third-order valence-electron chi connectivity index (χ3n) is 7.16. The van der Waals surface area contributed by atoms with E-state index in [2.05, 4.69) is 62.8 Å². The van der Waals surface area contributed by atoms with E-state index >= 15 is 0 Å². The summed E-state index contributed by atoms with van der Waals surface area (Å²) in [6.45, 7) is 3.08. The van der Waals surface area contributed by atoms with E-state index < -0.39 is 0 Å². The third-order valence-corrected chi connectivity index (χ3v) is 7.16.